The summed E-state index contributed by atoms with van der Waals surface area (Å²) < 4.78 is 5.53. The van der Waals surface area contributed by atoms with Crippen molar-refractivity contribution in [2.24, 2.45) is 4.99 Å². The van der Waals surface area contributed by atoms with E-state index in [1.807, 2.05) is 31.2 Å². The number of ether oxygens (including phenoxy) is 1. The van der Waals surface area contributed by atoms with E-state index in [0.717, 1.165) is 50.8 Å². The average Bonchev–Trinajstić information content (AvgIpc) is 3.35. The predicted molar refractivity (Wildman–Crippen MR) is 142 cm³/mol. The number of benzene rings is 1. The fraction of sp³-hybridized carbons (Fsp3) is 0.478. The van der Waals surface area contributed by atoms with Crippen LogP contribution in [0.1, 0.15) is 40.2 Å². The lowest BCUT2D eigenvalue weighted by molar-refractivity contribution is 0.0177. The first kappa shape index (κ1) is 26.6. The molecule has 1 unspecified atom stereocenters. The van der Waals surface area contributed by atoms with E-state index in [2.05, 4.69) is 43.4 Å². The van der Waals surface area contributed by atoms with E-state index >= 15 is 0 Å². The summed E-state index contributed by atoms with van der Waals surface area (Å²) in [6.45, 7) is 7.50. The van der Waals surface area contributed by atoms with E-state index in [1.54, 1.807) is 18.4 Å². The predicted octanol–water partition coefficient (Wildman–Crippen LogP) is 3.24. The molecule has 1 aromatic carbocycles. The zero-order valence-electron chi connectivity index (χ0n) is 18.8. The molecule has 1 aliphatic rings. The molecule has 176 valence electrons. The molecule has 1 saturated heterocycles. The topological polar surface area (TPSA) is 78.0 Å². The second-order valence-corrected chi connectivity index (χ2v) is 8.42. The maximum absolute atomic E-state index is 12.2. The first-order valence-electron chi connectivity index (χ1n) is 10.9. The first-order valence-corrected chi connectivity index (χ1v) is 11.8. The third kappa shape index (κ3) is 8.02. The number of amides is 1. The summed E-state index contributed by atoms with van der Waals surface area (Å²) in [6.07, 6.45) is 0.923. The Balaban J connectivity index is 0.00000363. The number of carbonyl (C=O) groups excluding carboxylic acids is 1. The minimum absolute atomic E-state index is 0. The molecule has 0 aliphatic carbocycles. The van der Waals surface area contributed by atoms with Gasteiger partial charge < -0.3 is 20.7 Å². The van der Waals surface area contributed by atoms with Crippen molar-refractivity contribution in [1.29, 1.82) is 0 Å². The first-order chi connectivity index (χ1) is 15.2. The van der Waals surface area contributed by atoms with Crippen molar-refractivity contribution in [1.82, 2.24) is 20.9 Å². The van der Waals surface area contributed by atoms with Crippen molar-refractivity contribution in [2.45, 2.75) is 25.9 Å². The molecule has 1 aromatic heterocycles. The van der Waals surface area contributed by atoms with Crippen LogP contribution in [0.2, 0.25) is 0 Å². The number of hydrogen-bond acceptors (Lipinski definition) is 5. The number of rotatable bonds is 9. The fourth-order valence-corrected chi connectivity index (χ4v) is 4.40. The van der Waals surface area contributed by atoms with Crippen LogP contribution in [0.5, 0.6) is 0 Å². The number of aliphatic imine (C=N–C) groups is 1. The standard InChI is InChI=1S/C23H33N5O2S.HI/c1-3-9-25-22(29)19-7-4-6-18(15-19)16-26-23(24-2)27-17-20(21-8-5-14-31-21)28-10-12-30-13-11-28;/h4-8,14-15,20H,3,9-13,16-17H2,1-2H3,(H,25,29)(H2,24,26,27);1H. The second-order valence-electron chi connectivity index (χ2n) is 7.44. The van der Waals surface area contributed by atoms with Gasteiger partial charge in [-0.25, -0.2) is 0 Å². The summed E-state index contributed by atoms with van der Waals surface area (Å²) in [4.78, 5) is 20.4. The largest absolute Gasteiger partial charge is 0.379 e. The van der Waals surface area contributed by atoms with Crippen LogP contribution in [0.4, 0.5) is 0 Å². The molecule has 2 aromatic rings. The van der Waals surface area contributed by atoms with Gasteiger partial charge in [0.05, 0.1) is 19.3 Å². The van der Waals surface area contributed by atoms with E-state index < -0.39 is 0 Å². The van der Waals surface area contributed by atoms with Crippen LogP contribution in [0.3, 0.4) is 0 Å². The minimum atomic E-state index is -0.0319. The third-order valence-electron chi connectivity index (χ3n) is 5.23. The number of morpholine rings is 1. The molecule has 9 heteroatoms. The normalized spacial score (nSPS) is 15.5. The van der Waals surface area contributed by atoms with Gasteiger partial charge in [0.15, 0.2) is 5.96 Å². The molecule has 0 radical (unpaired) electrons. The van der Waals surface area contributed by atoms with Gasteiger partial charge in [0, 0.05) is 50.2 Å². The van der Waals surface area contributed by atoms with Crippen LogP contribution < -0.4 is 16.0 Å². The van der Waals surface area contributed by atoms with Crippen LogP contribution in [-0.4, -0.2) is 63.2 Å². The zero-order valence-corrected chi connectivity index (χ0v) is 21.9. The minimum Gasteiger partial charge on any atom is -0.379 e. The van der Waals surface area contributed by atoms with Gasteiger partial charge >= 0.3 is 0 Å². The molecule has 7 nitrogen and oxygen atoms in total. The molecule has 32 heavy (non-hydrogen) atoms. The molecule has 0 saturated carbocycles. The summed E-state index contributed by atoms with van der Waals surface area (Å²) in [5.74, 6) is 0.714. The Morgan fingerprint density at radius 2 is 2.00 bits per heavy atom. The number of nitrogens with one attached hydrogen (secondary N) is 3. The molecule has 1 fully saturated rings. The Kier molecular flexibility index (Phi) is 12.0. The number of hydrogen-bond donors (Lipinski definition) is 3. The van der Waals surface area contributed by atoms with Gasteiger partial charge in [0.25, 0.3) is 5.91 Å². The van der Waals surface area contributed by atoms with Crippen LogP contribution >= 0.6 is 35.3 Å². The molecule has 3 rings (SSSR count). The number of nitrogens with zero attached hydrogens (tertiary/aromatic N) is 2. The Labute approximate surface area is 212 Å². The molecule has 0 bridgehead atoms. The lowest BCUT2D eigenvalue weighted by Gasteiger charge is -2.34. The smallest absolute Gasteiger partial charge is 0.251 e. The molecule has 1 aliphatic heterocycles. The molecule has 1 atom stereocenters. The van der Waals surface area contributed by atoms with Crippen LogP contribution in [0, 0.1) is 0 Å². The fourth-order valence-electron chi connectivity index (χ4n) is 3.54. The summed E-state index contributed by atoms with van der Waals surface area (Å²) >= 11 is 1.78. The Morgan fingerprint density at radius 1 is 1.19 bits per heavy atom. The van der Waals surface area contributed by atoms with Crippen molar-refractivity contribution < 1.29 is 9.53 Å². The highest BCUT2D eigenvalue weighted by Crippen LogP contribution is 2.25. The Morgan fingerprint density at radius 3 is 2.69 bits per heavy atom. The maximum atomic E-state index is 12.2. The van der Waals surface area contributed by atoms with Crippen LogP contribution in [-0.2, 0) is 11.3 Å². The zero-order chi connectivity index (χ0) is 21.9. The average molecular weight is 572 g/mol. The lowest BCUT2D eigenvalue weighted by atomic mass is 10.1. The number of thiophene rings is 1. The van der Waals surface area contributed by atoms with Crippen molar-refractivity contribution in [2.75, 3.05) is 46.4 Å². The van der Waals surface area contributed by atoms with E-state index in [4.69, 9.17) is 4.74 Å². The molecule has 2 heterocycles. The van der Waals surface area contributed by atoms with Crippen molar-refractivity contribution in [3.8, 4) is 0 Å². The van der Waals surface area contributed by atoms with Crippen molar-refractivity contribution in [3.05, 3.63) is 57.8 Å². The third-order valence-corrected chi connectivity index (χ3v) is 6.20. The number of carbonyl (C=O) groups is 1. The van der Waals surface area contributed by atoms with E-state index in [1.165, 1.54) is 4.88 Å². The van der Waals surface area contributed by atoms with Crippen molar-refractivity contribution in [3.63, 3.8) is 0 Å². The Bertz CT molecular complexity index is 841. The molecule has 0 spiro atoms. The monoisotopic (exact) mass is 571 g/mol. The van der Waals surface area contributed by atoms with Gasteiger partial charge in [-0.1, -0.05) is 25.1 Å². The van der Waals surface area contributed by atoms with E-state index in [0.29, 0.717) is 18.7 Å². The number of guanidine groups is 1. The van der Waals surface area contributed by atoms with Gasteiger partial charge in [0.1, 0.15) is 0 Å². The summed E-state index contributed by atoms with van der Waals surface area (Å²) in [5, 5.41) is 11.9. The number of halogens is 1. The molecular formula is C23H34IN5O2S. The highest BCUT2D eigenvalue weighted by Gasteiger charge is 2.23. The molecule has 1 amide bonds. The molecule has 3 N–H and O–H groups in total. The van der Waals surface area contributed by atoms with Crippen LogP contribution in [0.15, 0.2) is 46.8 Å². The SMILES string of the molecule is CCCNC(=O)c1cccc(CNC(=NC)NCC(c2cccs2)N2CCOCC2)c1.I. The summed E-state index contributed by atoms with van der Waals surface area (Å²) in [7, 11) is 1.78. The highest BCUT2D eigenvalue weighted by molar-refractivity contribution is 14.0. The Hall–Kier alpha value is -1.69. The summed E-state index contributed by atoms with van der Waals surface area (Å²) in [5.41, 5.74) is 1.72. The van der Waals surface area contributed by atoms with Gasteiger partial charge in [-0.3, -0.25) is 14.7 Å². The second kappa shape index (κ2) is 14.5. The molecular weight excluding hydrogens is 537 g/mol. The van der Waals surface area contributed by atoms with Crippen molar-refractivity contribution >= 4 is 47.2 Å². The maximum Gasteiger partial charge on any atom is 0.251 e. The van der Waals surface area contributed by atoms with E-state index in [9.17, 15) is 4.79 Å². The van der Waals surface area contributed by atoms with Gasteiger partial charge in [-0.2, -0.15) is 0 Å². The highest BCUT2D eigenvalue weighted by atomic mass is 127. The van der Waals surface area contributed by atoms with Crippen LogP contribution in [0.25, 0.3) is 0 Å². The van der Waals surface area contributed by atoms with Gasteiger partial charge in [-0.05, 0) is 35.6 Å². The van der Waals surface area contributed by atoms with Gasteiger partial charge in [0.2, 0.25) is 0 Å². The quantitative estimate of drug-likeness (QED) is 0.245. The summed E-state index contributed by atoms with van der Waals surface area (Å²) in [6, 6.07) is 12.3. The lowest BCUT2D eigenvalue weighted by Crippen LogP contribution is -2.46. The van der Waals surface area contributed by atoms with E-state index in [-0.39, 0.29) is 35.9 Å². The van der Waals surface area contributed by atoms with Gasteiger partial charge in [-0.15, -0.1) is 35.3 Å².